The molecular formula is C53H31N3. The predicted octanol–water partition coefficient (Wildman–Crippen LogP) is 14.0. The summed E-state index contributed by atoms with van der Waals surface area (Å²) < 4.78 is 0. The van der Waals surface area contributed by atoms with Gasteiger partial charge in [0.15, 0.2) is 0 Å². The Labute approximate surface area is 322 Å². The molecule has 12 aromatic rings. The van der Waals surface area contributed by atoms with E-state index in [-0.39, 0.29) is 0 Å². The van der Waals surface area contributed by atoms with Gasteiger partial charge in [0.1, 0.15) is 0 Å². The molecule has 0 amide bonds. The Morgan fingerprint density at radius 3 is 1.11 bits per heavy atom. The maximum absolute atomic E-state index is 5.11. The van der Waals surface area contributed by atoms with Crippen molar-refractivity contribution in [2.75, 3.05) is 0 Å². The van der Waals surface area contributed by atoms with Crippen LogP contribution < -0.4 is 0 Å². The van der Waals surface area contributed by atoms with Gasteiger partial charge in [0, 0.05) is 12.4 Å². The fraction of sp³-hybridized carbons (Fsp3) is 0. The van der Waals surface area contributed by atoms with Crippen molar-refractivity contribution in [2.24, 2.45) is 0 Å². The van der Waals surface area contributed by atoms with E-state index >= 15 is 0 Å². The lowest BCUT2D eigenvalue weighted by atomic mass is 9.86. The Balaban J connectivity index is 1.16. The van der Waals surface area contributed by atoms with Gasteiger partial charge in [-0.2, -0.15) is 0 Å². The molecule has 3 nitrogen and oxygen atoms in total. The van der Waals surface area contributed by atoms with Crippen molar-refractivity contribution >= 4 is 64.6 Å². The van der Waals surface area contributed by atoms with Gasteiger partial charge >= 0.3 is 0 Å². The summed E-state index contributed by atoms with van der Waals surface area (Å²) in [6.45, 7) is 0. The molecule has 258 valence electrons. The summed E-state index contributed by atoms with van der Waals surface area (Å²) in [6.07, 6.45) is 3.65. The van der Waals surface area contributed by atoms with Crippen LogP contribution in [0.2, 0.25) is 0 Å². The van der Waals surface area contributed by atoms with Crippen LogP contribution in [-0.2, 0) is 0 Å². The summed E-state index contributed by atoms with van der Waals surface area (Å²) in [5.41, 5.74) is 10.2. The van der Waals surface area contributed by atoms with Gasteiger partial charge in [0.05, 0.1) is 22.8 Å². The molecule has 0 saturated heterocycles. The third-order valence-corrected chi connectivity index (χ3v) is 11.6. The second-order valence-electron chi connectivity index (χ2n) is 14.8. The van der Waals surface area contributed by atoms with Crippen LogP contribution >= 0.6 is 0 Å². The topological polar surface area (TPSA) is 38.7 Å². The lowest BCUT2D eigenvalue weighted by Gasteiger charge is -2.18. The van der Waals surface area contributed by atoms with E-state index in [4.69, 9.17) is 15.0 Å². The zero-order valence-corrected chi connectivity index (χ0v) is 30.2. The molecule has 0 atom stereocenters. The maximum atomic E-state index is 5.11. The molecule has 3 aromatic heterocycles. The maximum Gasteiger partial charge on any atom is 0.0900 e. The first-order chi connectivity index (χ1) is 27.7. The van der Waals surface area contributed by atoms with Gasteiger partial charge in [-0.3, -0.25) is 9.97 Å². The van der Waals surface area contributed by atoms with Gasteiger partial charge in [-0.25, -0.2) is 4.98 Å². The molecule has 0 unspecified atom stereocenters. The summed E-state index contributed by atoms with van der Waals surface area (Å²) >= 11 is 0. The summed E-state index contributed by atoms with van der Waals surface area (Å²) in [4.78, 5) is 14.5. The van der Waals surface area contributed by atoms with Crippen molar-refractivity contribution in [2.45, 2.75) is 0 Å². The molecule has 3 heteroatoms. The van der Waals surface area contributed by atoms with Crippen LogP contribution in [0.4, 0.5) is 0 Å². The van der Waals surface area contributed by atoms with E-state index in [1.165, 1.54) is 75.8 Å². The van der Waals surface area contributed by atoms with Crippen molar-refractivity contribution in [1.82, 2.24) is 15.0 Å². The van der Waals surface area contributed by atoms with Crippen LogP contribution in [0, 0.1) is 0 Å². The van der Waals surface area contributed by atoms with Crippen LogP contribution in [0.3, 0.4) is 0 Å². The normalized spacial score (nSPS) is 11.9. The number of rotatable bonds is 5. The van der Waals surface area contributed by atoms with Gasteiger partial charge in [-0.15, -0.1) is 0 Å². The van der Waals surface area contributed by atoms with Gasteiger partial charge in [-0.05, 0) is 153 Å². The highest BCUT2D eigenvalue weighted by atomic mass is 14.8. The fourth-order valence-corrected chi connectivity index (χ4v) is 9.07. The SMILES string of the molecule is c1ccc(-c2cc(-c3cc(-c4ccc5ccc6cccc7ccc4c5c67)cc(-c4ccc5ccc6cccc7ccc4c5c67)c3)cc(-c3ccccn3)n2)nc1. The van der Waals surface area contributed by atoms with Crippen molar-refractivity contribution in [1.29, 1.82) is 0 Å². The Hall–Kier alpha value is -7.49. The number of hydrogen-bond acceptors (Lipinski definition) is 3. The first-order valence-corrected chi connectivity index (χ1v) is 19.1. The molecule has 0 saturated carbocycles. The highest BCUT2D eigenvalue weighted by molar-refractivity contribution is 6.27. The van der Waals surface area contributed by atoms with Crippen molar-refractivity contribution < 1.29 is 0 Å². The molecule has 12 rings (SSSR count). The van der Waals surface area contributed by atoms with E-state index in [2.05, 4.69) is 140 Å². The highest BCUT2D eigenvalue weighted by Crippen LogP contribution is 2.44. The lowest BCUT2D eigenvalue weighted by molar-refractivity contribution is 1.22. The van der Waals surface area contributed by atoms with Crippen molar-refractivity contribution in [3.05, 3.63) is 188 Å². The van der Waals surface area contributed by atoms with E-state index in [1.54, 1.807) is 0 Å². The van der Waals surface area contributed by atoms with E-state index < -0.39 is 0 Å². The molecule has 0 bridgehead atoms. The average molecular weight is 710 g/mol. The molecule has 0 aliphatic rings. The molecule has 0 aliphatic carbocycles. The zero-order valence-electron chi connectivity index (χ0n) is 30.2. The van der Waals surface area contributed by atoms with Crippen LogP contribution in [0.1, 0.15) is 0 Å². The van der Waals surface area contributed by atoms with Gasteiger partial charge < -0.3 is 0 Å². The van der Waals surface area contributed by atoms with Gasteiger partial charge in [-0.1, -0.05) is 121 Å². The minimum atomic E-state index is 0.807. The number of benzene rings is 9. The molecule has 0 radical (unpaired) electrons. The number of aromatic nitrogens is 3. The molecule has 9 aromatic carbocycles. The van der Waals surface area contributed by atoms with E-state index in [0.717, 1.165) is 45.0 Å². The lowest BCUT2D eigenvalue weighted by Crippen LogP contribution is -1.95. The first kappa shape index (κ1) is 30.9. The van der Waals surface area contributed by atoms with E-state index in [1.807, 2.05) is 48.8 Å². The van der Waals surface area contributed by atoms with E-state index in [0.29, 0.717) is 0 Å². The minimum absolute atomic E-state index is 0.807. The molecular weight excluding hydrogens is 679 g/mol. The third kappa shape index (κ3) is 4.74. The summed E-state index contributed by atoms with van der Waals surface area (Å²) in [7, 11) is 0. The highest BCUT2D eigenvalue weighted by Gasteiger charge is 2.18. The van der Waals surface area contributed by atoms with Gasteiger partial charge in [0.2, 0.25) is 0 Å². The second kappa shape index (κ2) is 12.0. The fourth-order valence-electron chi connectivity index (χ4n) is 9.07. The molecule has 0 aliphatic heterocycles. The number of hydrogen-bond donors (Lipinski definition) is 0. The number of nitrogens with zero attached hydrogens (tertiary/aromatic N) is 3. The number of pyridine rings is 3. The monoisotopic (exact) mass is 709 g/mol. The standard InChI is InChI=1S/C53H31N3/c1-3-25-54-46(11-1)48-30-39(31-49(56-48)47-12-2-4-26-55-47)38-27-40(42-21-17-36-15-13-32-7-5-9-34-19-23-44(42)52(36)50(32)34)29-41(28-38)43-22-18-37-16-14-33-8-6-10-35-20-24-45(43)53(37)51(33)35/h1-31H. The Morgan fingerprint density at radius 1 is 0.268 bits per heavy atom. The van der Waals surface area contributed by atoms with Gasteiger partial charge in [0.25, 0.3) is 0 Å². The zero-order chi connectivity index (χ0) is 36.7. The average Bonchev–Trinajstić information content (AvgIpc) is 3.27. The largest absolute Gasteiger partial charge is 0.255 e. The summed E-state index contributed by atoms with van der Waals surface area (Å²) in [6, 6.07) is 64.0. The molecule has 0 spiro atoms. The molecule has 0 N–H and O–H groups in total. The van der Waals surface area contributed by atoms with Crippen molar-refractivity contribution in [3.8, 4) is 56.2 Å². The van der Waals surface area contributed by atoms with Crippen molar-refractivity contribution in [3.63, 3.8) is 0 Å². The van der Waals surface area contributed by atoms with Crippen LogP contribution in [0.5, 0.6) is 0 Å². The summed E-state index contributed by atoms with van der Waals surface area (Å²) in [5.74, 6) is 0. The second-order valence-corrected chi connectivity index (χ2v) is 14.8. The van der Waals surface area contributed by atoms with E-state index in [9.17, 15) is 0 Å². The first-order valence-electron chi connectivity index (χ1n) is 19.1. The molecule has 0 fully saturated rings. The smallest absolute Gasteiger partial charge is 0.0900 e. The van der Waals surface area contributed by atoms with Crippen LogP contribution in [-0.4, -0.2) is 15.0 Å². The molecule has 56 heavy (non-hydrogen) atoms. The minimum Gasteiger partial charge on any atom is -0.255 e. The summed E-state index contributed by atoms with van der Waals surface area (Å²) in [5, 5.41) is 15.3. The van der Waals surface area contributed by atoms with Crippen LogP contribution in [0.25, 0.3) is 121 Å². The Bertz CT molecular complexity index is 3210. The Morgan fingerprint density at radius 2 is 0.661 bits per heavy atom. The Kier molecular flexibility index (Phi) is 6.63. The van der Waals surface area contributed by atoms with Crippen LogP contribution in [0.15, 0.2) is 188 Å². The predicted molar refractivity (Wildman–Crippen MR) is 234 cm³/mol. The quantitative estimate of drug-likeness (QED) is 0.167. The molecule has 3 heterocycles. The third-order valence-electron chi connectivity index (χ3n) is 11.6.